The normalized spacial score (nSPS) is 32.4. The molecule has 0 aromatic carbocycles. The highest BCUT2D eigenvalue weighted by Gasteiger charge is 2.69. The topological polar surface area (TPSA) is 26.0 Å². The molecule has 0 saturated heterocycles. The summed E-state index contributed by atoms with van der Waals surface area (Å²) in [6.45, 7) is 29.3. The van der Waals surface area contributed by atoms with Crippen LogP contribution in [0.4, 0.5) is 0 Å². The third-order valence-electron chi connectivity index (χ3n) is 9.41. The van der Waals surface area contributed by atoms with Crippen molar-refractivity contribution >= 4 is 0 Å². The van der Waals surface area contributed by atoms with Crippen molar-refractivity contribution in [3.8, 4) is 0 Å². The van der Waals surface area contributed by atoms with Gasteiger partial charge in [-0.15, -0.1) is 13.2 Å². The monoisotopic (exact) mass is 501 g/mol. The average molecular weight is 502 g/mol. The number of fused-ring (bicyclic) bond motifs is 3. The highest BCUT2D eigenvalue weighted by molar-refractivity contribution is 5.53. The summed E-state index contributed by atoms with van der Waals surface area (Å²) < 4.78 is 0. The molecule has 1 nitrogen and oxygen atoms in total. The maximum absolute atomic E-state index is 7.14. The van der Waals surface area contributed by atoms with Gasteiger partial charge in [0.05, 0.1) is 0 Å². The van der Waals surface area contributed by atoms with Gasteiger partial charge in [-0.05, 0) is 93.5 Å². The van der Waals surface area contributed by atoms with Gasteiger partial charge in [-0.3, -0.25) is 0 Å². The van der Waals surface area contributed by atoms with Gasteiger partial charge < -0.3 is 5.73 Å². The van der Waals surface area contributed by atoms with E-state index in [2.05, 4.69) is 91.8 Å². The minimum atomic E-state index is -0.0577. The molecule has 5 atom stereocenters. The Labute approximate surface area is 229 Å². The highest BCUT2D eigenvalue weighted by Crippen LogP contribution is 2.72. The molecule has 4 rings (SSSR count). The molecule has 0 aromatic heterocycles. The molecule has 5 unspecified atom stereocenters. The summed E-state index contributed by atoms with van der Waals surface area (Å²) in [5, 5.41) is 0. The fraction of sp³-hybridized carbons (Fsp3) is 0.556. The Balaban J connectivity index is 0.000000278. The lowest BCUT2D eigenvalue weighted by molar-refractivity contribution is 0.186. The third kappa shape index (κ3) is 7.05. The fourth-order valence-corrected chi connectivity index (χ4v) is 7.26. The SMILES string of the molecule is C=C.C=C(C)C1=CC12CC(CC)=CC1(N)C(CCC3C1C3(C)C)C2.C=C/C=C\C=C/CCCC(=C)CC. The Morgan fingerprint density at radius 3 is 2.35 bits per heavy atom. The minimum Gasteiger partial charge on any atom is -0.321 e. The predicted molar refractivity (Wildman–Crippen MR) is 166 cm³/mol. The molecule has 37 heavy (non-hydrogen) atoms. The van der Waals surface area contributed by atoms with E-state index < -0.39 is 0 Å². The van der Waals surface area contributed by atoms with Crippen LogP contribution in [-0.2, 0) is 0 Å². The molecule has 4 aliphatic carbocycles. The lowest BCUT2D eigenvalue weighted by Gasteiger charge is -2.40. The van der Waals surface area contributed by atoms with Crippen molar-refractivity contribution in [2.75, 3.05) is 0 Å². The predicted octanol–water partition coefficient (Wildman–Crippen LogP) is 10.2. The summed E-state index contributed by atoms with van der Waals surface area (Å²) in [5.74, 6) is 2.19. The first-order chi connectivity index (χ1) is 17.6. The number of allylic oxidation sites excluding steroid dienone is 10. The van der Waals surface area contributed by atoms with Crippen LogP contribution < -0.4 is 5.73 Å². The van der Waals surface area contributed by atoms with Crippen LogP contribution in [0.2, 0.25) is 0 Å². The van der Waals surface area contributed by atoms with E-state index in [0.717, 1.165) is 31.6 Å². The van der Waals surface area contributed by atoms with Gasteiger partial charge in [0.1, 0.15) is 0 Å². The van der Waals surface area contributed by atoms with Crippen LogP contribution in [0, 0.1) is 28.6 Å². The van der Waals surface area contributed by atoms with Crippen LogP contribution in [0.25, 0.3) is 0 Å². The van der Waals surface area contributed by atoms with Crippen molar-refractivity contribution in [3.63, 3.8) is 0 Å². The molecule has 2 fully saturated rings. The van der Waals surface area contributed by atoms with Crippen molar-refractivity contribution in [2.45, 2.75) is 97.9 Å². The first-order valence-electron chi connectivity index (χ1n) is 14.5. The minimum absolute atomic E-state index is 0.0577. The fourth-order valence-electron chi connectivity index (χ4n) is 7.26. The van der Waals surface area contributed by atoms with Crippen LogP contribution >= 0.6 is 0 Å². The number of hydrogen-bond donors (Lipinski definition) is 1. The summed E-state index contributed by atoms with van der Waals surface area (Å²) in [5.41, 5.74) is 13.6. The number of hydrogen-bond acceptors (Lipinski definition) is 1. The second-order valence-electron chi connectivity index (χ2n) is 12.3. The van der Waals surface area contributed by atoms with Gasteiger partial charge in [-0.2, -0.15) is 0 Å². The number of nitrogens with two attached hydrogens (primary N) is 1. The zero-order chi connectivity index (χ0) is 27.9. The molecule has 0 bridgehead atoms. The van der Waals surface area contributed by atoms with Gasteiger partial charge in [0.2, 0.25) is 0 Å². The van der Waals surface area contributed by atoms with Gasteiger partial charge in [0.25, 0.3) is 0 Å². The molecule has 2 saturated carbocycles. The van der Waals surface area contributed by atoms with Gasteiger partial charge in [-0.1, -0.05) is 107 Å². The molecular formula is C36H55N. The second-order valence-corrected chi connectivity index (χ2v) is 12.3. The quantitative estimate of drug-likeness (QED) is 0.190. The molecule has 0 heterocycles. The van der Waals surface area contributed by atoms with Crippen LogP contribution in [0.1, 0.15) is 92.4 Å². The summed E-state index contributed by atoms with van der Waals surface area (Å²) in [7, 11) is 0. The Kier molecular flexibility index (Phi) is 11.0. The van der Waals surface area contributed by atoms with Gasteiger partial charge in [-0.25, -0.2) is 0 Å². The zero-order valence-corrected chi connectivity index (χ0v) is 24.8. The summed E-state index contributed by atoms with van der Waals surface area (Å²) in [6.07, 6.45) is 25.9. The van der Waals surface area contributed by atoms with E-state index in [4.69, 9.17) is 5.73 Å². The molecule has 0 aliphatic heterocycles. The van der Waals surface area contributed by atoms with E-state index in [-0.39, 0.29) is 5.54 Å². The summed E-state index contributed by atoms with van der Waals surface area (Å²) in [6, 6.07) is 0. The summed E-state index contributed by atoms with van der Waals surface area (Å²) in [4.78, 5) is 0. The zero-order valence-electron chi connectivity index (χ0n) is 24.8. The van der Waals surface area contributed by atoms with E-state index in [1.807, 2.05) is 12.2 Å². The molecule has 4 aliphatic rings. The Morgan fingerprint density at radius 1 is 1.08 bits per heavy atom. The van der Waals surface area contributed by atoms with Gasteiger partial charge in [0.15, 0.2) is 0 Å². The van der Waals surface area contributed by atoms with Gasteiger partial charge >= 0.3 is 0 Å². The van der Waals surface area contributed by atoms with Crippen molar-refractivity contribution < 1.29 is 0 Å². The van der Waals surface area contributed by atoms with E-state index >= 15 is 0 Å². The maximum atomic E-state index is 7.14. The molecule has 0 radical (unpaired) electrons. The van der Waals surface area contributed by atoms with E-state index in [0.29, 0.717) is 22.7 Å². The molecule has 0 amide bonds. The smallest absolute Gasteiger partial charge is 0.0407 e. The lowest BCUT2D eigenvalue weighted by Crippen LogP contribution is -2.51. The van der Waals surface area contributed by atoms with Crippen LogP contribution in [-0.4, -0.2) is 5.54 Å². The highest BCUT2D eigenvalue weighted by atomic mass is 14.9. The Bertz CT molecular complexity index is 953. The standard InChI is InChI=1S/C21H31N.C13H20.C2H4/c1-6-14-9-20(12-17(20)13(2)3)11-15-7-8-16-18(19(16,4)5)21(15,22)10-14;1-4-6-7-8-9-10-11-12-13(3)5-2;1-2/h10,12,15-16,18H,2,6-9,11,22H2,1,3-5H3;4,6-9H,1,3,5,10-12H2,2H3;1-2H2/b;7-6-,9-8-;. The molecule has 0 aromatic rings. The molecular weight excluding hydrogens is 446 g/mol. The van der Waals surface area contributed by atoms with Crippen LogP contribution in [0.3, 0.4) is 0 Å². The third-order valence-corrected chi connectivity index (χ3v) is 9.41. The molecule has 204 valence electrons. The van der Waals surface area contributed by atoms with E-state index in [1.165, 1.54) is 48.8 Å². The largest absolute Gasteiger partial charge is 0.321 e. The lowest BCUT2D eigenvalue weighted by atomic mass is 9.69. The first-order valence-corrected chi connectivity index (χ1v) is 14.5. The van der Waals surface area contributed by atoms with Crippen molar-refractivity contribution in [1.29, 1.82) is 0 Å². The number of unbranched alkanes of at least 4 members (excludes halogenated alkanes) is 1. The van der Waals surface area contributed by atoms with E-state index in [9.17, 15) is 0 Å². The second kappa shape index (κ2) is 13.1. The molecule has 1 spiro atoms. The van der Waals surface area contributed by atoms with Crippen molar-refractivity contribution in [1.82, 2.24) is 0 Å². The Hall–Kier alpha value is -2.12. The van der Waals surface area contributed by atoms with Crippen molar-refractivity contribution in [3.05, 3.63) is 97.7 Å². The Morgan fingerprint density at radius 2 is 1.78 bits per heavy atom. The molecule has 2 N–H and O–H groups in total. The van der Waals surface area contributed by atoms with E-state index in [1.54, 1.807) is 11.6 Å². The number of rotatable bonds is 9. The van der Waals surface area contributed by atoms with Crippen LogP contribution in [0.15, 0.2) is 97.7 Å². The van der Waals surface area contributed by atoms with Gasteiger partial charge in [0, 0.05) is 11.0 Å². The first kappa shape index (κ1) is 31.1. The van der Waals surface area contributed by atoms with Crippen molar-refractivity contribution in [2.24, 2.45) is 34.3 Å². The summed E-state index contributed by atoms with van der Waals surface area (Å²) >= 11 is 0. The molecule has 1 heteroatoms. The maximum Gasteiger partial charge on any atom is 0.0407 e. The average Bonchev–Trinajstić information content (AvgIpc) is 3.74. The van der Waals surface area contributed by atoms with Crippen LogP contribution in [0.5, 0.6) is 0 Å².